The number of carbonyl (C=O) groups excluding carboxylic acids is 1. The van der Waals surface area contributed by atoms with E-state index in [4.69, 9.17) is 0 Å². The number of halogens is 3. The highest BCUT2D eigenvalue weighted by Gasteiger charge is 2.22. The maximum Gasteiger partial charge on any atom is 0.192 e. The van der Waals surface area contributed by atoms with Gasteiger partial charge in [-0.2, -0.15) is 0 Å². The lowest BCUT2D eigenvalue weighted by atomic mass is 10.5. The Labute approximate surface area is 67.2 Å². The van der Waals surface area contributed by atoms with Crippen LogP contribution in [0.2, 0.25) is 0 Å². The van der Waals surface area contributed by atoms with Crippen molar-refractivity contribution in [2.45, 2.75) is 9.07 Å². The van der Waals surface area contributed by atoms with Crippen LogP contribution in [0.15, 0.2) is 0 Å². The molecule has 0 bridgehead atoms. The van der Waals surface area contributed by atoms with Gasteiger partial charge in [-0.3, -0.25) is 4.79 Å². The summed E-state index contributed by atoms with van der Waals surface area (Å²) in [5.41, 5.74) is 0. The van der Waals surface area contributed by atoms with Crippen LogP contribution in [0.25, 0.3) is 0 Å². The summed E-state index contributed by atoms with van der Waals surface area (Å²) >= 11 is 9.08. The lowest BCUT2D eigenvalue weighted by Gasteiger charge is -2.03. The first-order valence-corrected chi connectivity index (χ1v) is 3.90. The summed E-state index contributed by atoms with van der Waals surface area (Å²) in [6.45, 7) is 1.47. The summed E-state index contributed by atoms with van der Waals surface area (Å²) in [6.07, 6.45) is 0. The number of ketones is 1. The molecule has 0 saturated heterocycles. The molecule has 4 heteroatoms. The van der Waals surface area contributed by atoms with E-state index in [1.54, 1.807) is 0 Å². The lowest BCUT2D eigenvalue weighted by Crippen LogP contribution is -2.11. The Morgan fingerprint density at radius 1 is 1.43 bits per heavy atom. The van der Waals surface area contributed by atoms with Crippen LogP contribution in [-0.2, 0) is 4.79 Å². The fourth-order valence-corrected chi connectivity index (χ4v) is 0. The van der Waals surface area contributed by atoms with Crippen molar-refractivity contribution in [3.63, 3.8) is 0 Å². The number of alkyl halides is 3. The van der Waals surface area contributed by atoms with Crippen LogP contribution < -0.4 is 0 Å². The molecular weight excluding hydrogens is 292 g/mol. The first-order valence-electron chi connectivity index (χ1n) is 1.52. The van der Waals surface area contributed by atoms with Crippen LogP contribution >= 0.6 is 47.8 Å². The summed E-state index contributed by atoms with van der Waals surface area (Å²) in [4.78, 5) is 10.3. The van der Waals surface area contributed by atoms with E-state index < -0.39 is 2.14 Å². The summed E-state index contributed by atoms with van der Waals surface area (Å²) in [7, 11) is 0. The van der Waals surface area contributed by atoms with Gasteiger partial charge in [-0.05, 0) is 6.92 Å². The van der Waals surface area contributed by atoms with E-state index >= 15 is 0 Å². The molecule has 0 unspecified atom stereocenters. The van der Waals surface area contributed by atoms with E-state index in [1.807, 2.05) is 0 Å². The standard InChI is InChI=1S/C3H3Br3O/c1-2(7)3(4,5)6/h1H3. The van der Waals surface area contributed by atoms with Crippen LogP contribution in [0.4, 0.5) is 0 Å². The molecule has 0 aliphatic heterocycles. The largest absolute Gasteiger partial charge is 0.296 e. The van der Waals surface area contributed by atoms with Crippen LogP contribution in [-0.4, -0.2) is 7.93 Å². The lowest BCUT2D eigenvalue weighted by molar-refractivity contribution is -0.115. The monoisotopic (exact) mass is 292 g/mol. The molecule has 0 aromatic rings. The third-order valence-corrected chi connectivity index (χ3v) is 2.07. The topological polar surface area (TPSA) is 17.1 Å². The maximum atomic E-state index is 10.3. The van der Waals surface area contributed by atoms with E-state index in [2.05, 4.69) is 47.8 Å². The van der Waals surface area contributed by atoms with E-state index in [-0.39, 0.29) is 5.78 Å². The Hall–Kier alpha value is 1.11. The Morgan fingerprint density at radius 3 is 1.57 bits per heavy atom. The van der Waals surface area contributed by atoms with E-state index in [0.717, 1.165) is 0 Å². The SMILES string of the molecule is CC(=O)C(Br)(Br)Br. The molecule has 0 saturated carbocycles. The van der Waals surface area contributed by atoms with Gasteiger partial charge in [-0.25, -0.2) is 0 Å². The van der Waals surface area contributed by atoms with Gasteiger partial charge in [0.05, 0.1) is 0 Å². The second kappa shape index (κ2) is 2.60. The van der Waals surface area contributed by atoms with Gasteiger partial charge in [0.1, 0.15) is 0 Å². The minimum atomic E-state index is -0.701. The number of Topliss-reactive ketones (excluding diaryl/α,β-unsaturated/α-hetero) is 1. The van der Waals surface area contributed by atoms with Crippen molar-refractivity contribution >= 4 is 53.6 Å². The fourth-order valence-electron chi connectivity index (χ4n) is 0. The smallest absolute Gasteiger partial charge is 0.192 e. The predicted molar refractivity (Wildman–Crippen MR) is 40.2 cm³/mol. The minimum Gasteiger partial charge on any atom is -0.296 e. The quantitative estimate of drug-likeness (QED) is 0.627. The Balaban J connectivity index is 3.79. The molecule has 0 N–H and O–H groups in total. The molecule has 0 atom stereocenters. The van der Waals surface area contributed by atoms with Crippen LogP contribution in [0.3, 0.4) is 0 Å². The highest BCUT2D eigenvalue weighted by Crippen LogP contribution is 2.33. The van der Waals surface area contributed by atoms with Gasteiger partial charge in [-0.15, -0.1) is 0 Å². The van der Waals surface area contributed by atoms with Crippen LogP contribution in [0.5, 0.6) is 0 Å². The normalized spacial score (nSPS) is 11.4. The zero-order valence-corrected chi connectivity index (χ0v) is 8.30. The van der Waals surface area contributed by atoms with Gasteiger partial charge in [0.2, 0.25) is 0 Å². The number of carbonyl (C=O) groups is 1. The molecule has 0 fully saturated rings. The fraction of sp³-hybridized carbons (Fsp3) is 0.667. The molecular formula is C3H3Br3O. The van der Waals surface area contributed by atoms with Crippen molar-refractivity contribution in [2.24, 2.45) is 0 Å². The van der Waals surface area contributed by atoms with Crippen molar-refractivity contribution in [3.8, 4) is 0 Å². The Kier molecular flexibility index (Phi) is 3.01. The highest BCUT2D eigenvalue weighted by molar-refractivity contribution is 9.40. The predicted octanol–water partition coefficient (Wildman–Crippen LogP) is 2.41. The van der Waals surface area contributed by atoms with Crippen molar-refractivity contribution in [1.82, 2.24) is 0 Å². The summed E-state index contributed by atoms with van der Waals surface area (Å²) in [5.74, 6) is -0.00694. The van der Waals surface area contributed by atoms with Gasteiger partial charge in [0.15, 0.2) is 7.93 Å². The molecule has 0 heterocycles. The van der Waals surface area contributed by atoms with Crippen LogP contribution in [0.1, 0.15) is 6.92 Å². The van der Waals surface area contributed by atoms with E-state index in [9.17, 15) is 4.79 Å². The summed E-state index contributed by atoms with van der Waals surface area (Å²) in [5, 5.41) is 0. The average molecular weight is 295 g/mol. The second-order valence-electron chi connectivity index (χ2n) is 1.05. The molecule has 42 valence electrons. The Bertz CT molecular complexity index is 82.7. The van der Waals surface area contributed by atoms with E-state index in [1.165, 1.54) is 6.92 Å². The summed E-state index contributed by atoms with van der Waals surface area (Å²) in [6, 6.07) is 0. The Morgan fingerprint density at radius 2 is 1.57 bits per heavy atom. The second-order valence-corrected chi connectivity index (χ2v) is 7.81. The number of rotatable bonds is 0. The molecule has 0 aliphatic rings. The zero-order chi connectivity index (χ0) is 6.08. The van der Waals surface area contributed by atoms with Crippen molar-refractivity contribution in [1.29, 1.82) is 0 Å². The van der Waals surface area contributed by atoms with Crippen molar-refractivity contribution in [2.75, 3.05) is 0 Å². The van der Waals surface area contributed by atoms with Crippen LogP contribution in [0, 0.1) is 0 Å². The first-order chi connectivity index (χ1) is 2.94. The molecule has 0 aromatic carbocycles. The molecule has 0 aliphatic carbocycles. The third-order valence-electron chi connectivity index (χ3n) is 0.399. The van der Waals surface area contributed by atoms with Gasteiger partial charge in [0.25, 0.3) is 0 Å². The molecule has 0 rings (SSSR count). The van der Waals surface area contributed by atoms with Gasteiger partial charge in [0, 0.05) is 0 Å². The molecule has 1 nitrogen and oxygen atoms in total. The van der Waals surface area contributed by atoms with Crippen molar-refractivity contribution in [3.05, 3.63) is 0 Å². The van der Waals surface area contributed by atoms with Crippen molar-refractivity contribution < 1.29 is 4.79 Å². The maximum absolute atomic E-state index is 10.3. The van der Waals surface area contributed by atoms with Gasteiger partial charge in [-0.1, -0.05) is 47.8 Å². The third kappa shape index (κ3) is 3.67. The summed E-state index contributed by atoms with van der Waals surface area (Å²) < 4.78 is -0.701. The molecule has 0 spiro atoms. The van der Waals surface area contributed by atoms with E-state index in [0.29, 0.717) is 0 Å². The molecule has 0 radical (unpaired) electrons. The number of hydrogen-bond acceptors (Lipinski definition) is 1. The average Bonchev–Trinajstić information content (AvgIpc) is 1.31. The molecule has 7 heavy (non-hydrogen) atoms. The zero-order valence-electron chi connectivity index (χ0n) is 3.54. The number of hydrogen-bond donors (Lipinski definition) is 0. The minimum absolute atomic E-state index is 0.00694. The highest BCUT2D eigenvalue weighted by atomic mass is 80.0. The van der Waals surface area contributed by atoms with Gasteiger partial charge < -0.3 is 0 Å². The molecule has 0 amide bonds. The molecule has 0 aromatic heterocycles. The van der Waals surface area contributed by atoms with Gasteiger partial charge >= 0.3 is 0 Å². The first kappa shape index (κ1) is 8.11.